The van der Waals surface area contributed by atoms with Gasteiger partial charge in [-0.2, -0.15) is 4.98 Å². The van der Waals surface area contributed by atoms with Gasteiger partial charge in [0.05, 0.1) is 11.7 Å². The van der Waals surface area contributed by atoms with Gasteiger partial charge in [-0.1, -0.05) is 19.4 Å². The number of nitrogens with zero attached hydrogens (tertiary/aromatic N) is 3. The van der Waals surface area contributed by atoms with Crippen LogP contribution in [0, 0.1) is 0 Å². The quantitative estimate of drug-likeness (QED) is 0.851. The summed E-state index contributed by atoms with van der Waals surface area (Å²) >= 11 is 1.81. The molecule has 0 bridgehead atoms. The van der Waals surface area contributed by atoms with Crippen molar-refractivity contribution < 1.29 is 0 Å². The highest BCUT2D eigenvalue weighted by molar-refractivity contribution is 7.10. The van der Waals surface area contributed by atoms with E-state index < -0.39 is 0 Å². The predicted octanol–water partition coefficient (Wildman–Crippen LogP) is 3.20. The van der Waals surface area contributed by atoms with Gasteiger partial charge in [-0.3, -0.25) is 0 Å². The lowest BCUT2D eigenvalue weighted by molar-refractivity contribution is 0.618. The molecule has 3 rings (SSSR count). The Morgan fingerprint density at radius 2 is 2.26 bits per heavy atom. The number of anilines is 2. The van der Waals surface area contributed by atoms with Crippen LogP contribution >= 0.6 is 11.3 Å². The van der Waals surface area contributed by atoms with Gasteiger partial charge < -0.3 is 15.5 Å². The van der Waals surface area contributed by atoms with E-state index in [0.717, 1.165) is 49.8 Å². The molecule has 2 N–H and O–H groups in total. The average molecular weight is 331 g/mol. The van der Waals surface area contributed by atoms with Gasteiger partial charge in [0.1, 0.15) is 5.82 Å². The van der Waals surface area contributed by atoms with Crippen molar-refractivity contribution in [2.75, 3.05) is 30.9 Å². The second-order valence-corrected chi connectivity index (χ2v) is 7.10. The largest absolute Gasteiger partial charge is 0.362 e. The molecule has 2 aromatic rings. The lowest BCUT2D eigenvalue weighted by atomic mass is 10.1. The molecule has 0 amide bonds. The first-order valence-corrected chi connectivity index (χ1v) is 9.14. The topological polar surface area (TPSA) is 53.1 Å². The summed E-state index contributed by atoms with van der Waals surface area (Å²) < 4.78 is 0. The van der Waals surface area contributed by atoms with E-state index >= 15 is 0 Å². The van der Waals surface area contributed by atoms with Crippen molar-refractivity contribution in [3.8, 4) is 0 Å². The number of rotatable bonds is 6. The van der Waals surface area contributed by atoms with Crippen LogP contribution in [0.25, 0.3) is 0 Å². The molecule has 0 aromatic carbocycles. The summed E-state index contributed by atoms with van der Waals surface area (Å²) in [5.41, 5.74) is 2.39. The van der Waals surface area contributed by atoms with E-state index in [1.807, 2.05) is 30.3 Å². The highest BCUT2D eigenvalue weighted by atomic mass is 32.1. The second-order valence-electron chi connectivity index (χ2n) is 6.12. The monoisotopic (exact) mass is 331 g/mol. The van der Waals surface area contributed by atoms with Gasteiger partial charge in [-0.15, -0.1) is 11.3 Å². The van der Waals surface area contributed by atoms with Crippen molar-refractivity contribution in [2.24, 2.45) is 0 Å². The number of hydrogen-bond acceptors (Lipinski definition) is 6. The standard InChI is InChI=1S/C17H25N5S/c1-4-6-13(15-7-5-10-23-15)19-16-12-8-9-18-11-14(12)20-17(21-16)22(2)3/h5,7,10,13,18H,4,6,8-9,11H2,1-3H3,(H,19,20,21)/t13-/m0/s1. The molecule has 1 aliphatic heterocycles. The lowest BCUT2D eigenvalue weighted by Gasteiger charge is -2.25. The minimum atomic E-state index is 0.323. The minimum absolute atomic E-state index is 0.323. The molecule has 0 unspecified atom stereocenters. The van der Waals surface area contributed by atoms with Crippen LogP contribution in [0.3, 0.4) is 0 Å². The van der Waals surface area contributed by atoms with E-state index in [1.165, 1.54) is 10.4 Å². The SMILES string of the molecule is CCC[C@H](Nc1nc(N(C)C)nc2c1CCNC2)c1cccs1. The first-order valence-electron chi connectivity index (χ1n) is 8.26. The predicted molar refractivity (Wildman–Crippen MR) is 97.4 cm³/mol. The third kappa shape index (κ3) is 3.64. The smallest absolute Gasteiger partial charge is 0.227 e. The Bertz CT molecular complexity index is 639. The van der Waals surface area contributed by atoms with Crippen molar-refractivity contribution in [3.05, 3.63) is 33.6 Å². The van der Waals surface area contributed by atoms with Gasteiger partial charge in [0.15, 0.2) is 0 Å². The van der Waals surface area contributed by atoms with Crippen LogP contribution in [0.5, 0.6) is 0 Å². The fourth-order valence-electron chi connectivity index (χ4n) is 2.89. The van der Waals surface area contributed by atoms with Crippen LogP contribution in [0.4, 0.5) is 11.8 Å². The molecule has 1 aliphatic rings. The Morgan fingerprint density at radius 1 is 1.39 bits per heavy atom. The zero-order valence-corrected chi connectivity index (χ0v) is 14.9. The van der Waals surface area contributed by atoms with Crippen LogP contribution in [0.1, 0.15) is 41.9 Å². The van der Waals surface area contributed by atoms with E-state index in [2.05, 4.69) is 35.1 Å². The zero-order chi connectivity index (χ0) is 16.2. The number of nitrogens with one attached hydrogen (secondary N) is 2. The molecule has 0 saturated carbocycles. The summed E-state index contributed by atoms with van der Waals surface area (Å²) in [5, 5.41) is 9.26. The summed E-state index contributed by atoms with van der Waals surface area (Å²) in [5.74, 6) is 1.78. The van der Waals surface area contributed by atoms with Crippen molar-refractivity contribution >= 4 is 23.1 Å². The van der Waals surface area contributed by atoms with Gasteiger partial charge >= 0.3 is 0 Å². The molecule has 0 fully saturated rings. The maximum absolute atomic E-state index is 4.80. The summed E-state index contributed by atoms with van der Waals surface area (Å²) in [4.78, 5) is 12.8. The molecule has 124 valence electrons. The van der Waals surface area contributed by atoms with Crippen LogP contribution in [0.2, 0.25) is 0 Å². The van der Waals surface area contributed by atoms with Crippen LogP contribution in [-0.4, -0.2) is 30.6 Å². The fourth-order valence-corrected chi connectivity index (χ4v) is 3.71. The molecule has 2 aromatic heterocycles. The van der Waals surface area contributed by atoms with E-state index in [0.29, 0.717) is 6.04 Å². The molecule has 0 radical (unpaired) electrons. The summed E-state index contributed by atoms with van der Waals surface area (Å²) in [6.45, 7) is 4.04. The van der Waals surface area contributed by atoms with Gasteiger partial charge in [-0.05, 0) is 30.8 Å². The highest BCUT2D eigenvalue weighted by Gasteiger charge is 2.21. The van der Waals surface area contributed by atoms with Crippen molar-refractivity contribution in [3.63, 3.8) is 0 Å². The first-order chi connectivity index (χ1) is 11.2. The third-order valence-corrected chi connectivity index (χ3v) is 5.09. The Kier molecular flexibility index (Phi) is 5.13. The normalized spacial score (nSPS) is 15.1. The first kappa shape index (κ1) is 16.2. The fraction of sp³-hybridized carbons (Fsp3) is 0.529. The number of fused-ring (bicyclic) bond motifs is 1. The molecule has 0 aliphatic carbocycles. The second kappa shape index (κ2) is 7.27. The third-order valence-electron chi connectivity index (χ3n) is 4.10. The van der Waals surface area contributed by atoms with Gasteiger partial charge in [0.25, 0.3) is 0 Å². The van der Waals surface area contributed by atoms with Crippen LogP contribution < -0.4 is 15.5 Å². The molecule has 23 heavy (non-hydrogen) atoms. The summed E-state index contributed by atoms with van der Waals surface area (Å²) in [6, 6.07) is 4.65. The van der Waals surface area contributed by atoms with E-state index in [9.17, 15) is 0 Å². The molecular formula is C17H25N5S. The number of hydrogen-bond donors (Lipinski definition) is 2. The van der Waals surface area contributed by atoms with Crippen LogP contribution in [-0.2, 0) is 13.0 Å². The van der Waals surface area contributed by atoms with Crippen molar-refractivity contribution in [2.45, 2.75) is 38.8 Å². The van der Waals surface area contributed by atoms with Crippen molar-refractivity contribution in [1.29, 1.82) is 0 Å². The van der Waals surface area contributed by atoms with Gasteiger partial charge in [0.2, 0.25) is 5.95 Å². The summed E-state index contributed by atoms with van der Waals surface area (Å²) in [6.07, 6.45) is 3.23. The van der Waals surface area contributed by atoms with E-state index in [4.69, 9.17) is 9.97 Å². The number of thiophene rings is 1. The Balaban J connectivity index is 1.95. The molecule has 0 spiro atoms. The van der Waals surface area contributed by atoms with E-state index in [-0.39, 0.29) is 0 Å². The Hall–Kier alpha value is -1.66. The summed E-state index contributed by atoms with van der Waals surface area (Å²) in [7, 11) is 3.98. The van der Waals surface area contributed by atoms with Gasteiger partial charge in [-0.25, -0.2) is 4.98 Å². The van der Waals surface area contributed by atoms with Gasteiger partial charge in [0, 0.05) is 31.1 Å². The Morgan fingerprint density at radius 3 is 2.96 bits per heavy atom. The molecule has 5 nitrogen and oxygen atoms in total. The zero-order valence-electron chi connectivity index (χ0n) is 14.1. The lowest BCUT2D eigenvalue weighted by Crippen LogP contribution is -2.28. The molecule has 6 heteroatoms. The Labute approximate surface area is 142 Å². The van der Waals surface area contributed by atoms with Crippen molar-refractivity contribution in [1.82, 2.24) is 15.3 Å². The molecule has 1 atom stereocenters. The molecule has 0 saturated heterocycles. The maximum atomic E-state index is 4.80. The molecule has 3 heterocycles. The highest BCUT2D eigenvalue weighted by Crippen LogP contribution is 2.30. The average Bonchev–Trinajstić information content (AvgIpc) is 3.08. The number of aromatic nitrogens is 2. The van der Waals surface area contributed by atoms with E-state index in [1.54, 1.807) is 0 Å². The maximum Gasteiger partial charge on any atom is 0.227 e. The van der Waals surface area contributed by atoms with Crippen LogP contribution in [0.15, 0.2) is 17.5 Å². The minimum Gasteiger partial charge on any atom is -0.362 e. The molecular weight excluding hydrogens is 306 g/mol.